The van der Waals surface area contributed by atoms with Crippen molar-refractivity contribution in [2.75, 3.05) is 4.90 Å². The minimum Gasteiger partial charge on any atom is -0.310 e. The van der Waals surface area contributed by atoms with Gasteiger partial charge in [-0.1, -0.05) is 172 Å². The van der Waals surface area contributed by atoms with Gasteiger partial charge in [-0.3, -0.25) is 0 Å². The number of benzene rings is 8. The Morgan fingerprint density at radius 3 is 1.40 bits per heavy atom. The normalized spacial score (nSPS) is 14.2. The maximum atomic E-state index is 2.46. The lowest BCUT2D eigenvalue weighted by molar-refractivity contribution is 0.660. The molecule has 0 heterocycles. The van der Waals surface area contributed by atoms with Crippen molar-refractivity contribution in [1.82, 2.24) is 0 Å². The molecule has 0 aliphatic heterocycles. The highest BCUT2D eigenvalue weighted by atomic mass is 15.1. The van der Waals surface area contributed by atoms with Gasteiger partial charge < -0.3 is 4.90 Å². The molecule has 0 saturated heterocycles. The second-order valence-electron chi connectivity index (χ2n) is 14.9. The predicted octanol–water partition coefficient (Wildman–Crippen LogP) is 13.5. The molecule has 0 bridgehead atoms. The number of hydrogen-bond donors (Lipinski definition) is 0. The molecule has 2 aliphatic rings. The van der Waals surface area contributed by atoms with E-state index in [2.05, 4.69) is 219 Å². The Labute approximate surface area is 312 Å². The maximum Gasteiger partial charge on any atom is 0.0714 e. The van der Waals surface area contributed by atoms with Crippen molar-refractivity contribution >= 4 is 17.1 Å². The van der Waals surface area contributed by atoms with Crippen molar-refractivity contribution < 1.29 is 0 Å². The van der Waals surface area contributed by atoms with Crippen LogP contribution in [0.25, 0.3) is 33.4 Å². The number of nitrogens with zero attached hydrogens (tertiary/aromatic N) is 1. The summed E-state index contributed by atoms with van der Waals surface area (Å²) in [5, 5.41) is 0. The van der Waals surface area contributed by atoms with Gasteiger partial charge in [0.25, 0.3) is 0 Å². The standard InChI is InChI=1S/C52H39N/c1-51(2)48-33-37(36-17-7-3-8-18-36)27-30-44(48)45-31-28-41(34-49(45)51)53(40-23-13-6-14-24-40)42-29-32-46-43-25-15-16-26-47(43)52(50(46)35-42,38-19-9-4-10-20-38)39-21-11-5-12-22-39/h3-35H,1-2H3. The smallest absolute Gasteiger partial charge is 0.0714 e. The highest BCUT2D eigenvalue weighted by Crippen LogP contribution is 2.58. The minimum absolute atomic E-state index is 0.164. The molecule has 8 aromatic rings. The van der Waals surface area contributed by atoms with Crippen LogP contribution in [0.1, 0.15) is 47.2 Å². The van der Waals surface area contributed by atoms with Gasteiger partial charge in [0, 0.05) is 22.5 Å². The van der Waals surface area contributed by atoms with E-state index in [4.69, 9.17) is 0 Å². The molecule has 2 aliphatic carbocycles. The molecule has 8 aromatic carbocycles. The van der Waals surface area contributed by atoms with Crippen molar-refractivity contribution in [3.8, 4) is 33.4 Å². The Morgan fingerprint density at radius 1 is 0.321 bits per heavy atom. The summed E-state index contributed by atoms with van der Waals surface area (Å²) in [4.78, 5) is 2.44. The third-order valence-corrected chi connectivity index (χ3v) is 11.7. The Morgan fingerprint density at radius 2 is 0.774 bits per heavy atom. The van der Waals surface area contributed by atoms with Gasteiger partial charge in [-0.25, -0.2) is 0 Å². The lowest BCUT2D eigenvalue weighted by Gasteiger charge is -2.35. The fourth-order valence-corrected chi connectivity index (χ4v) is 9.27. The number of hydrogen-bond acceptors (Lipinski definition) is 1. The molecule has 0 amide bonds. The molecule has 53 heavy (non-hydrogen) atoms. The van der Waals surface area contributed by atoms with Gasteiger partial charge >= 0.3 is 0 Å². The van der Waals surface area contributed by atoms with Crippen LogP contribution in [0.4, 0.5) is 17.1 Å². The summed E-state index contributed by atoms with van der Waals surface area (Å²) in [6.45, 7) is 4.76. The van der Waals surface area contributed by atoms with Gasteiger partial charge in [0.1, 0.15) is 0 Å². The second kappa shape index (κ2) is 12.1. The second-order valence-corrected chi connectivity index (χ2v) is 14.9. The molecule has 252 valence electrons. The maximum absolute atomic E-state index is 2.46. The van der Waals surface area contributed by atoms with Crippen LogP contribution < -0.4 is 4.90 Å². The van der Waals surface area contributed by atoms with Crippen LogP contribution in [0.2, 0.25) is 0 Å². The zero-order chi connectivity index (χ0) is 35.6. The summed E-state index contributed by atoms with van der Waals surface area (Å²) < 4.78 is 0. The van der Waals surface area contributed by atoms with Gasteiger partial charge in [0.15, 0.2) is 0 Å². The van der Waals surface area contributed by atoms with E-state index in [1.54, 1.807) is 0 Å². The topological polar surface area (TPSA) is 3.24 Å². The monoisotopic (exact) mass is 677 g/mol. The number of anilines is 3. The Kier molecular flexibility index (Phi) is 7.13. The van der Waals surface area contributed by atoms with Gasteiger partial charge in [-0.05, 0) is 109 Å². The molecular weight excluding hydrogens is 639 g/mol. The van der Waals surface area contributed by atoms with E-state index in [0.717, 1.165) is 17.1 Å². The Hall–Kier alpha value is -6.44. The molecule has 0 fully saturated rings. The number of fused-ring (bicyclic) bond motifs is 6. The van der Waals surface area contributed by atoms with E-state index >= 15 is 0 Å². The van der Waals surface area contributed by atoms with E-state index < -0.39 is 5.41 Å². The molecule has 0 spiro atoms. The average Bonchev–Trinajstić information content (AvgIpc) is 3.64. The van der Waals surface area contributed by atoms with Crippen LogP contribution >= 0.6 is 0 Å². The van der Waals surface area contributed by atoms with Gasteiger partial charge in [0.05, 0.1) is 5.41 Å². The van der Waals surface area contributed by atoms with Crippen LogP contribution in [-0.4, -0.2) is 0 Å². The van der Waals surface area contributed by atoms with E-state index in [-0.39, 0.29) is 5.41 Å². The zero-order valence-corrected chi connectivity index (χ0v) is 30.0. The van der Waals surface area contributed by atoms with Crippen molar-refractivity contribution in [3.63, 3.8) is 0 Å². The average molecular weight is 678 g/mol. The van der Waals surface area contributed by atoms with Gasteiger partial charge in [-0.15, -0.1) is 0 Å². The van der Waals surface area contributed by atoms with Crippen LogP contribution in [-0.2, 0) is 10.8 Å². The Balaban J connectivity index is 1.17. The van der Waals surface area contributed by atoms with Crippen LogP contribution in [0, 0.1) is 0 Å². The first-order chi connectivity index (χ1) is 26.0. The molecule has 0 aromatic heterocycles. The molecule has 0 N–H and O–H groups in total. The quantitative estimate of drug-likeness (QED) is 0.169. The van der Waals surface area contributed by atoms with Crippen molar-refractivity contribution in [2.24, 2.45) is 0 Å². The summed E-state index contributed by atoms with van der Waals surface area (Å²) in [5.74, 6) is 0. The van der Waals surface area contributed by atoms with E-state index in [1.807, 2.05) is 0 Å². The molecule has 1 nitrogen and oxygen atoms in total. The van der Waals surface area contributed by atoms with Crippen LogP contribution in [0.5, 0.6) is 0 Å². The van der Waals surface area contributed by atoms with Gasteiger partial charge in [-0.2, -0.15) is 0 Å². The summed E-state index contributed by atoms with van der Waals surface area (Å²) in [6, 6.07) is 73.9. The van der Waals surface area contributed by atoms with E-state index in [9.17, 15) is 0 Å². The van der Waals surface area contributed by atoms with E-state index in [1.165, 1.54) is 66.8 Å². The van der Waals surface area contributed by atoms with Crippen molar-refractivity contribution in [1.29, 1.82) is 0 Å². The molecular formula is C52H39N. The first kappa shape index (κ1) is 31.3. The highest BCUT2D eigenvalue weighted by molar-refractivity contribution is 5.91. The third kappa shape index (κ3) is 4.70. The molecule has 0 saturated carbocycles. The number of para-hydroxylation sites is 1. The zero-order valence-electron chi connectivity index (χ0n) is 30.0. The first-order valence-electron chi connectivity index (χ1n) is 18.6. The molecule has 0 radical (unpaired) electrons. The van der Waals surface area contributed by atoms with E-state index in [0.29, 0.717) is 0 Å². The summed E-state index contributed by atoms with van der Waals surface area (Å²) >= 11 is 0. The summed E-state index contributed by atoms with van der Waals surface area (Å²) in [7, 11) is 0. The lowest BCUT2D eigenvalue weighted by atomic mass is 9.67. The fraction of sp³-hybridized carbons (Fsp3) is 0.0769. The van der Waals surface area contributed by atoms with Crippen molar-refractivity contribution in [3.05, 3.63) is 234 Å². The summed E-state index contributed by atoms with van der Waals surface area (Å²) in [5.41, 5.74) is 18.4. The highest BCUT2D eigenvalue weighted by Gasteiger charge is 2.46. The molecule has 10 rings (SSSR count). The third-order valence-electron chi connectivity index (χ3n) is 11.7. The number of rotatable bonds is 6. The Bertz CT molecular complexity index is 2580. The van der Waals surface area contributed by atoms with Crippen LogP contribution in [0.15, 0.2) is 200 Å². The lowest BCUT2D eigenvalue weighted by Crippen LogP contribution is -2.28. The first-order valence-corrected chi connectivity index (χ1v) is 18.6. The molecule has 0 atom stereocenters. The largest absolute Gasteiger partial charge is 0.310 e. The fourth-order valence-electron chi connectivity index (χ4n) is 9.27. The molecule has 0 unspecified atom stereocenters. The van der Waals surface area contributed by atoms with Gasteiger partial charge in [0.2, 0.25) is 0 Å². The SMILES string of the molecule is CC1(C)c2cc(-c3ccccc3)ccc2-c2ccc(N(c3ccccc3)c3ccc4c(c3)C(c3ccccc3)(c3ccccc3)c3ccccc3-4)cc21. The summed E-state index contributed by atoms with van der Waals surface area (Å²) in [6.07, 6.45) is 0. The minimum atomic E-state index is -0.467. The molecule has 1 heteroatoms. The van der Waals surface area contributed by atoms with Crippen molar-refractivity contribution in [2.45, 2.75) is 24.7 Å². The van der Waals surface area contributed by atoms with Crippen LogP contribution in [0.3, 0.4) is 0 Å². The predicted molar refractivity (Wildman–Crippen MR) is 221 cm³/mol.